The lowest BCUT2D eigenvalue weighted by Gasteiger charge is -2.00. The molecule has 0 saturated heterocycles. The highest BCUT2D eigenvalue weighted by molar-refractivity contribution is 8.13. The van der Waals surface area contributed by atoms with Crippen molar-refractivity contribution in [1.29, 1.82) is 0 Å². The molecule has 0 aliphatic rings. The zero-order valence-electron chi connectivity index (χ0n) is 13.0. The van der Waals surface area contributed by atoms with Crippen LogP contribution in [0.4, 0.5) is 0 Å². The smallest absolute Gasteiger partial charge is 0.259 e. The van der Waals surface area contributed by atoms with E-state index in [1.165, 1.54) is 18.0 Å². The van der Waals surface area contributed by atoms with Crippen molar-refractivity contribution >= 4 is 54.7 Å². The minimum absolute atomic E-state index is 0. The van der Waals surface area contributed by atoms with E-state index in [1.807, 2.05) is 18.2 Å². The summed E-state index contributed by atoms with van der Waals surface area (Å²) in [6.07, 6.45) is 5.49. The van der Waals surface area contributed by atoms with Crippen LogP contribution in [0.25, 0.3) is 0 Å². The fraction of sp³-hybridized carbons (Fsp3) is 0.125. The van der Waals surface area contributed by atoms with Gasteiger partial charge in [0.25, 0.3) is 9.05 Å². The van der Waals surface area contributed by atoms with Gasteiger partial charge in [-0.3, -0.25) is 9.97 Å². The van der Waals surface area contributed by atoms with E-state index in [-0.39, 0.29) is 17.6 Å². The summed E-state index contributed by atoms with van der Waals surface area (Å²) in [7, 11) is 1.13. The van der Waals surface area contributed by atoms with Crippen LogP contribution in [0, 0.1) is 0 Å². The molecule has 0 radical (unpaired) electrons. The summed E-state index contributed by atoms with van der Waals surface area (Å²) in [5.74, 6) is 0.885. The Labute approximate surface area is 176 Å². The van der Waals surface area contributed by atoms with Gasteiger partial charge >= 0.3 is 0 Å². The molecule has 3 aromatic rings. The van der Waals surface area contributed by atoms with E-state index in [2.05, 4.69) is 32.1 Å². The van der Waals surface area contributed by atoms with Gasteiger partial charge in [0.2, 0.25) is 0 Å². The molecule has 0 spiro atoms. The van der Waals surface area contributed by atoms with Crippen molar-refractivity contribution in [3.8, 4) is 0 Å². The van der Waals surface area contributed by atoms with E-state index < -0.39 is 9.05 Å². The molecule has 11 heteroatoms. The molecule has 0 fully saturated rings. The first-order valence-electron chi connectivity index (χ1n) is 6.91. The maximum atomic E-state index is 10.6. The molecule has 3 rings (SSSR count). The Morgan fingerprint density at radius 3 is 2.00 bits per heavy atom. The lowest BCUT2D eigenvalue weighted by molar-refractivity contribution is 0.605. The summed E-state index contributed by atoms with van der Waals surface area (Å²) in [5.41, 5.74) is 1.27. The van der Waals surface area contributed by atoms with Crippen molar-refractivity contribution in [1.82, 2.24) is 19.9 Å². The summed E-state index contributed by atoms with van der Waals surface area (Å²) in [6, 6.07) is 10.2. The van der Waals surface area contributed by atoms with Crippen LogP contribution in [-0.2, 0) is 14.8 Å². The second-order valence-electron chi connectivity index (χ2n) is 4.57. The summed E-state index contributed by atoms with van der Waals surface area (Å²) in [5, 5.41) is 0.942. The normalized spacial score (nSPS) is 10.3. The Hall–Kier alpha value is -1.45. The molecule has 0 saturated carbocycles. The monoisotopic (exact) mass is 464 g/mol. The third kappa shape index (κ3) is 8.85. The molecule has 0 atom stereocenters. The first-order valence-corrected chi connectivity index (χ1v) is 11.0. The van der Waals surface area contributed by atoms with Crippen molar-refractivity contribution < 1.29 is 8.42 Å². The van der Waals surface area contributed by atoms with Crippen molar-refractivity contribution in [3.63, 3.8) is 0 Å². The quantitative estimate of drug-likeness (QED) is 0.390. The molecule has 6 nitrogen and oxygen atoms in total. The number of benzene rings is 1. The molecule has 0 bridgehead atoms. The average Bonchev–Trinajstić information content (AvgIpc) is 2.61. The number of rotatable bonds is 4. The van der Waals surface area contributed by atoms with E-state index in [9.17, 15) is 8.42 Å². The predicted molar refractivity (Wildman–Crippen MR) is 110 cm³/mol. The van der Waals surface area contributed by atoms with E-state index in [0.717, 1.165) is 17.0 Å². The SMILES string of the molecule is C.Clc1cncc(SCc2ccccc2)n1.O=S(=O)(Cl)c1cncc(Cl)n1. The number of halogens is 3. The standard InChI is InChI=1S/C11H9ClN2S.C4H2Cl2N2O2S.CH4/c12-10-6-13-7-11(14-10)15-8-9-4-2-1-3-5-9;5-3-1-7-2-4(8-3)11(6,9)10;/h1-7H,8H2;1-2H;1H4. The lowest BCUT2D eigenvalue weighted by Crippen LogP contribution is -1.95. The fourth-order valence-corrected chi connectivity index (χ4v) is 3.39. The Morgan fingerprint density at radius 2 is 1.48 bits per heavy atom. The lowest BCUT2D eigenvalue weighted by atomic mass is 10.2. The van der Waals surface area contributed by atoms with Gasteiger partial charge in [0.15, 0.2) is 5.03 Å². The molecule has 0 N–H and O–H groups in total. The minimum Gasteiger partial charge on any atom is -0.259 e. The highest BCUT2D eigenvalue weighted by Crippen LogP contribution is 2.20. The second-order valence-corrected chi connectivity index (χ2v) is 8.86. The molecule has 2 aromatic heterocycles. The maximum Gasteiger partial charge on any atom is 0.280 e. The minimum atomic E-state index is -3.81. The van der Waals surface area contributed by atoms with Crippen LogP contribution >= 0.6 is 45.6 Å². The third-order valence-corrected chi connectivity index (χ3v) is 5.15. The Morgan fingerprint density at radius 1 is 0.889 bits per heavy atom. The maximum absolute atomic E-state index is 10.6. The van der Waals surface area contributed by atoms with Crippen molar-refractivity contribution in [3.05, 3.63) is 71.0 Å². The van der Waals surface area contributed by atoms with E-state index in [1.54, 1.807) is 18.0 Å². The topological polar surface area (TPSA) is 85.7 Å². The first kappa shape index (κ1) is 23.6. The molecule has 0 aliphatic heterocycles. The zero-order valence-corrected chi connectivity index (χ0v) is 16.9. The predicted octanol–water partition coefficient (Wildman–Crippen LogP) is 5.12. The highest BCUT2D eigenvalue weighted by atomic mass is 35.7. The molecular weight excluding hydrogens is 451 g/mol. The Balaban J connectivity index is 0.000000273. The highest BCUT2D eigenvalue weighted by Gasteiger charge is 2.11. The van der Waals surface area contributed by atoms with Gasteiger partial charge in [0.05, 0.1) is 24.8 Å². The van der Waals surface area contributed by atoms with Crippen LogP contribution < -0.4 is 0 Å². The zero-order chi connectivity index (χ0) is 19.0. The fourth-order valence-electron chi connectivity index (χ4n) is 1.57. The van der Waals surface area contributed by atoms with Gasteiger partial charge in [-0.2, -0.15) is 0 Å². The molecule has 0 unspecified atom stereocenters. The molecule has 144 valence electrons. The number of aromatic nitrogens is 4. The molecule has 0 amide bonds. The largest absolute Gasteiger partial charge is 0.280 e. The van der Waals surface area contributed by atoms with Crippen LogP contribution in [0.15, 0.2) is 65.2 Å². The van der Waals surface area contributed by atoms with Crippen molar-refractivity contribution in [2.45, 2.75) is 23.2 Å². The van der Waals surface area contributed by atoms with Gasteiger partial charge in [-0.25, -0.2) is 18.4 Å². The second kappa shape index (κ2) is 11.4. The summed E-state index contributed by atoms with van der Waals surface area (Å²) in [6.45, 7) is 0. The molecule has 27 heavy (non-hydrogen) atoms. The van der Waals surface area contributed by atoms with Gasteiger partial charge < -0.3 is 0 Å². The summed E-state index contributed by atoms with van der Waals surface area (Å²) < 4.78 is 21.2. The molecule has 1 aromatic carbocycles. The van der Waals surface area contributed by atoms with Gasteiger partial charge in [-0.1, -0.05) is 61.0 Å². The molecular formula is C16H15Cl3N4O2S2. The van der Waals surface area contributed by atoms with Crippen LogP contribution in [0.3, 0.4) is 0 Å². The molecule has 0 aliphatic carbocycles. The van der Waals surface area contributed by atoms with Gasteiger partial charge in [-0.15, -0.1) is 11.8 Å². The Bertz CT molecular complexity index is 961. The van der Waals surface area contributed by atoms with Crippen LogP contribution in [-0.4, -0.2) is 28.4 Å². The third-order valence-electron chi connectivity index (χ3n) is 2.65. The number of thioether (sulfide) groups is 1. The van der Waals surface area contributed by atoms with Crippen molar-refractivity contribution in [2.75, 3.05) is 0 Å². The van der Waals surface area contributed by atoms with E-state index in [4.69, 9.17) is 33.9 Å². The van der Waals surface area contributed by atoms with Gasteiger partial charge in [-0.05, 0) is 5.56 Å². The average molecular weight is 466 g/mol. The molecule has 2 heterocycles. The first-order chi connectivity index (χ1) is 12.3. The van der Waals surface area contributed by atoms with Crippen LogP contribution in [0.5, 0.6) is 0 Å². The number of hydrogen-bond acceptors (Lipinski definition) is 7. The van der Waals surface area contributed by atoms with Gasteiger partial charge in [0, 0.05) is 16.4 Å². The summed E-state index contributed by atoms with van der Waals surface area (Å²) >= 11 is 12.7. The number of nitrogens with zero attached hydrogens (tertiary/aromatic N) is 4. The van der Waals surface area contributed by atoms with Crippen molar-refractivity contribution in [2.24, 2.45) is 0 Å². The van der Waals surface area contributed by atoms with Gasteiger partial charge in [0.1, 0.15) is 15.3 Å². The van der Waals surface area contributed by atoms with E-state index in [0.29, 0.717) is 5.15 Å². The van der Waals surface area contributed by atoms with Crippen LogP contribution in [0.2, 0.25) is 10.3 Å². The van der Waals surface area contributed by atoms with Crippen LogP contribution in [0.1, 0.15) is 13.0 Å². The Kier molecular flexibility index (Phi) is 9.97. The number of hydrogen-bond donors (Lipinski definition) is 0. The van der Waals surface area contributed by atoms with E-state index >= 15 is 0 Å². The summed E-state index contributed by atoms with van der Waals surface area (Å²) in [4.78, 5) is 15.1.